The lowest BCUT2D eigenvalue weighted by Crippen LogP contribution is -2.20. The van der Waals surface area contributed by atoms with E-state index >= 15 is 0 Å². The molecule has 2 aromatic rings. The molecule has 0 amide bonds. The highest BCUT2D eigenvalue weighted by atomic mass is 79.9. The lowest BCUT2D eigenvalue weighted by atomic mass is 9.95. The van der Waals surface area contributed by atoms with Crippen LogP contribution in [0.25, 0.3) is 0 Å². The van der Waals surface area contributed by atoms with Crippen LogP contribution in [0.5, 0.6) is 11.5 Å². The summed E-state index contributed by atoms with van der Waals surface area (Å²) < 4.78 is 12.4. The van der Waals surface area contributed by atoms with Gasteiger partial charge in [0.25, 0.3) is 0 Å². The molecular weight excluding hydrogens is 330 g/mol. The van der Waals surface area contributed by atoms with Gasteiger partial charge in [-0.2, -0.15) is 0 Å². The van der Waals surface area contributed by atoms with Gasteiger partial charge in [0.1, 0.15) is 13.2 Å². The molecule has 4 heteroatoms. The first-order valence-electron chi connectivity index (χ1n) is 7.02. The van der Waals surface area contributed by atoms with E-state index in [0.717, 1.165) is 16.0 Å². The van der Waals surface area contributed by atoms with Gasteiger partial charge in [-0.1, -0.05) is 34.1 Å². The first kappa shape index (κ1) is 14.4. The molecule has 2 aromatic carbocycles. The second-order valence-electron chi connectivity index (χ2n) is 5.08. The molecule has 0 spiro atoms. The summed E-state index contributed by atoms with van der Waals surface area (Å²) in [6, 6.07) is 12.5. The quantitative estimate of drug-likeness (QED) is 0.914. The van der Waals surface area contributed by atoms with E-state index in [2.05, 4.69) is 58.5 Å². The molecule has 0 aromatic heterocycles. The van der Waals surface area contributed by atoms with Gasteiger partial charge >= 0.3 is 0 Å². The van der Waals surface area contributed by atoms with Crippen LogP contribution in [0.1, 0.15) is 22.7 Å². The third-order valence-corrected chi connectivity index (χ3v) is 4.67. The van der Waals surface area contributed by atoms with Crippen molar-refractivity contribution < 1.29 is 9.47 Å². The summed E-state index contributed by atoms with van der Waals surface area (Å²) in [6.07, 6.45) is 0. The Bertz CT molecular complexity index is 657. The zero-order chi connectivity index (χ0) is 14.8. The number of nitrogens with one attached hydrogen (secondary N) is 1. The van der Waals surface area contributed by atoms with Crippen molar-refractivity contribution >= 4 is 15.9 Å². The molecule has 1 N–H and O–H groups in total. The molecule has 110 valence electrons. The van der Waals surface area contributed by atoms with Gasteiger partial charge in [0.15, 0.2) is 11.5 Å². The SMILES string of the molecule is CNC(c1ccc2c(c1)OCCO2)c1cccc(Br)c1C. The number of hydrogen-bond donors (Lipinski definition) is 1. The Morgan fingerprint density at radius 1 is 1.10 bits per heavy atom. The fourth-order valence-corrected chi connectivity index (χ4v) is 3.06. The van der Waals surface area contributed by atoms with Crippen LogP contribution in [0.3, 0.4) is 0 Å². The fraction of sp³-hybridized carbons (Fsp3) is 0.294. The van der Waals surface area contributed by atoms with Crippen LogP contribution < -0.4 is 14.8 Å². The molecule has 1 unspecified atom stereocenters. The van der Waals surface area contributed by atoms with Crippen molar-refractivity contribution in [1.82, 2.24) is 5.32 Å². The van der Waals surface area contributed by atoms with Crippen LogP contribution >= 0.6 is 15.9 Å². The lowest BCUT2D eigenvalue weighted by Gasteiger charge is -2.23. The van der Waals surface area contributed by atoms with Crippen molar-refractivity contribution in [2.24, 2.45) is 0 Å². The molecular formula is C17H18BrNO2. The molecule has 21 heavy (non-hydrogen) atoms. The molecule has 0 saturated carbocycles. The Hall–Kier alpha value is -1.52. The highest BCUT2D eigenvalue weighted by Crippen LogP contribution is 2.35. The van der Waals surface area contributed by atoms with E-state index in [-0.39, 0.29) is 6.04 Å². The highest BCUT2D eigenvalue weighted by molar-refractivity contribution is 9.10. The van der Waals surface area contributed by atoms with Gasteiger partial charge in [-0.3, -0.25) is 0 Å². The van der Waals surface area contributed by atoms with Crippen molar-refractivity contribution in [3.05, 3.63) is 57.6 Å². The minimum Gasteiger partial charge on any atom is -0.486 e. The molecule has 1 heterocycles. The van der Waals surface area contributed by atoms with E-state index in [0.29, 0.717) is 13.2 Å². The van der Waals surface area contributed by atoms with Gasteiger partial charge < -0.3 is 14.8 Å². The van der Waals surface area contributed by atoms with Gasteiger partial charge in [0.05, 0.1) is 6.04 Å². The monoisotopic (exact) mass is 347 g/mol. The van der Waals surface area contributed by atoms with Gasteiger partial charge in [0, 0.05) is 4.47 Å². The molecule has 0 bridgehead atoms. The van der Waals surface area contributed by atoms with Crippen molar-refractivity contribution in [3.63, 3.8) is 0 Å². The predicted molar refractivity (Wildman–Crippen MR) is 87.2 cm³/mol. The smallest absolute Gasteiger partial charge is 0.161 e. The summed E-state index contributed by atoms with van der Waals surface area (Å²) in [6.45, 7) is 3.35. The van der Waals surface area contributed by atoms with E-state index < -0.39 is 0 Å². The maximum atomic E-state index is 5.69. The van der Waals surface area contributed by atoms with Gasteiger partial charge in [-0.25, -0.2) is 0 Å². The normalized spacial score (nSPS) is 14.8. The molecule has 1 aliphatic heterocycles. The zero-order valence-electron chi connectivity index (χ0n) is 12.2. The third kappa shape index (κ3) is 2.78. The highest BCUT2D eigenvalue weighted by Gasteiger charge is 2.19. The van der Waals surface area contributed by atoms with Crippen molar-refractivity contribution in [2.45, 2.75) is 13.0 Å². The van der Waals surface area contributed by atoms with E-state index in [4.69, 9.17) is 9.47 Å². The molecule has 0 aliphatic carbocycles. The number of benzene rings is 2. The van der Waals surface area contributed by atoms with Gasteiger partial charge in [-0.15, -0.1) is 0 Å². The number of fused-ring (bicyclic) bond motifs is 1. The van der Waals surface area contributed by atoms with E-state index in [9.17, 15) is 0 Å². The summed E-state index contributed by atoms with van der Waals surface area (Å²) >= 11 is 3.60. The number of hydrogen-bond acceptors (Lipinski definition) is 3. The maximum Gasteiger partial charge on any atom is 0.161 e. The molecule has 3 nitrogen and oxygen atoms in total. The lowest BCUT2D eigenvalue weighted by molar-refractivity contribution is 0.171. The van der Waals surface area contributed by atoms with Gasteiger partial charge in [-0.05, 0) is 48.9 Å². The molecule has 0 radical (unpaired) electrons. The van der Waals surface area contributed by atoms with Crippen LogP contribution in [-0.2, 0) is 0 Å². The van der Waals surface area contributed by atoms with E-state index in [1.807, 2.05) is 13.1 Å². The largest absolute Gasteiger partial charge is 0.486 e. The topological polar surface area (TPSA) is 30.5 Å². The van der Waals surface area contributed by atoms with Crippen LogP contribution in [0.15, 0.2) is 40.9 Å². The maximum absolute atomic E-state index is 5.69. The minimum atomic E-state index is 0.123. The Morgan fingerprint density at radius 2 is 1.86 bits per heavy atom. The summed E-state index contributed by atoms with van der Waals surface area (Å²) in [5.41, 5.74) is 3.67. The molecule has 0 fully saturated rings. The van der Waals surface area contributed by atoms with E-state index in [1.54, 1.807) is 0 Å². The van der Waals surface area contributed by atoms with Crippen LogP contribution in [0.2, 0.25) is 0 Å². The van der Waals surface area contributed by atoms with Crippen LogP contribution in [0, 0.1) is 6.92 Å². The zero-order valence-corrected chi connectivity index (χ0v) is 13.7. The summed E-state index contributed by atoms with van der Waals surface area (Å²) in [7, 11) is 1.97. The second-order valence-corrected chi connectivity index (χ2v) is 5.93. The molecule has 1 atom stereocenters. The summed E-state index contributed by atoms with van der Waals surface area (Å²) in [5.74, 6) is 1.65. The molecule has 0 saturated heterocycles. The fourth-order valence-electron chi connectivity index (χ4n) is 2.68. The Kier molecular flexibility index (Phi) is 4.17. The molecule has 1 aliphatic rings. The van der Waals surface area contributed by atoms with Crippen LogP contribution in [-0.4, -0.2) is 20.3 Å². The standard InChI is InChI=1S/C17H18BrNO2/c1-11-13(4-3-5-14(11)18)17(19-2)12-6-7-15-16(10-12)21-9-8-20-15/h3-7,10,17,19H,8-9H2,1-2H3. The number of halogens is 1. The predicted octanol–water partition coefficient (Wildman–Crippen LogP) is 3.84. The Balaban J connectivity index is 2.02. The third-order valence-electron chi connectivity index (χ3n) is 3.81. The number of ether oxygens (including phenoxy) is 2. The van der Waals surface area contributed by atoms with Crippen molar-refractivity contribution in [1.29, 1.82) is 0 Å². The Labute approximate surface area is 133 Å². The first-order valence-corrected chi connectivity index (χ1v) is 7.82. The average molecular weight is 348 g/mol. The van der Waals surface area contributed by atoms with Gasteiger partial charge in [0.2, 0.25) is 0 Å². The Morgan fingerprint density at radius 3 is 2.62 bits per heavy atom. The van der Waals surface area contributed by atoms with E-state index in [1.165, 1.54) is 16.7 Å². The summed E-state index contributed by atoms with van der Waals surface area (Å²) in [4.78, 5) is 0. The number of rotatable bonds is 3. The van der Waals surface area contributed by atoms with Crippen molar-refractivity contribution in [3.8, 4) is 11.5 Å². The molecule has 3 rings (SSSR count). The first-order chi connectivity index (χ1) is 10.2. The van der Waals surface area contributed by atoms with Crippen LogP contribution in [0.4, 0.5) is 0 Å². The second kappa shape index (κ2) is 6.08. The minimum absolute atomic E-state index is 0.123. The summed E-state index contributed by atoms with van der Waals surface area (Å²) in [5, 5.41) is 3.39. The average Bonchev–Trinajstić information content (AvgIpc) is 2.52. The van der Waals surface area contributed by atoms with Crippen molar-refractivity contribution in [2.75, 3.05) is 20.3 Å².